The van der Waals surface area contributed by atoms with Crippen molar-refractivity contribution < 1.29 is 13.3 Å². The summed E-state index contributed by atoms with van der Waals surface area (Å²) in [5.74, 6) is 0. The Kier molecular flexibility index (Phi) is 14.6. The van der Waals surface area contributed by atoms with E-state index in [0.29, 0.717) is 0 Å². The summed E-state index contributed by atoms with van der Waals surface area (Å²) in [6, 6.07) is 0.923. The molecule has 0 aliphatic rings. The fourth-order valence-corrected chi connectivity index (χ4v) is 6.81. The predicted molar refractivity (Wildman–Crippen MR) is 133 cm³/mol. The van der Waals surface area contributed by atoms with E-state index in [2.05, 4.69) is 47.3 Å². The van der Waals surface area contributed by atoms with Crippen LogP contribution in [0.5, 0.6) is 0 Å². The normalized spacial score (nSPS) is 14.7. The van der Waals surface area contributed by atoms with Gasteiger partial charge in [0, 0.05) is 27.4 Å². The van der Waals surface area contributed by atoms with E-state index >= 15 is 0 Å². The van der Waals surface area contributed by atoms with Crippen molar-refractivity contribution in [1.29, 1.82) is 0 Å². The molecule has 0 fully saturated rings. The largest absolute Gasteiger partial charge is 0.500 e. The van der Waals surface area contributed by atoms with Gasteiger partial charge >= 0.3 is 8.80 Å². The number of unbranched alkanes of at least 4 members (excludes halogenated alkanes) is 7. The van der Waals surface area contributed by atoms with Gasteiger partial charge in [-0.3, -0.25) is 0 Å². The average molecular weight is 443 g/mol. The molecule has 0 aromatic rings. The van der Waals surface area contributed by atoms with Crippen LogP contribution >= 0.6 is 0 Å². The van der Waals surface area contributed by atoms with E-state index in [1.165, 1.54) is 56.9 Å². The van der Waals surface area contributed by atoms with Gasteiger partial charge in [-0.05, 0) is 52.5 Å². The van der Waals surface area contributed by atoms with Crippen LogP contribution in [-0.2, 0) is 13.3 Å². The van der Waals surface area contributed by atoms with Gasteiger partial charge in [0.2, 0.25) is 0 Å². The predicted octanol–water partition coefficient (Wildman–Crippen LogP) is 7.93. The summed E-state index contributed by atoms with van der Waals surface area (Å²) in [6.07, 6.45) is 11.7. The molecule has 0 N–H and O–H groups in total. The first-order valence-corrected chi connectivity index (χ1v) is 17.0. The first-order chi connectivity index (χ1) is 13.5. The van der Waals surface area contributed by atoms with Gasteiger partial charge in [-0.15, -0.1) is 0 Å². The standard InChI is InChI=1S/C24H50O3Si2/c1-21(22(2)23(3)24(4)28(8,9)10)19-17-15-13-11-12-14-16-18-20-29(25-5,26-6)27-7/h11-20H2,1-10H3. The Morgan fingerprint density at radius 2 is 1.00 bits per heavy atom. The third-order valence-corrected chi connectivity index (χ3v) is 12.1. The van der Waals surface area contributed by atoms with E-state index in [1.807, 2.05) is 0 Å². The molecule has 29 heavy (non-hydrogen) atoms. The number of hydrogen-bond acceptors (Lipinski definition) is 3. The Balaban J connectivity index is 4.01. The van der Waals surface area contributed by atoms with Gasteiger partial charge in [-0.25, -0.2) is 0 Å². The first-order valence-electron chi connectivity index (χ1n) is 11.5. The molecule has 0 aliphatic heterocycles. The lowest BCUT2D eigenvalue weighted by Crippen LogP contribution is -2.42. The summed E-state index contributed by atoms with van der Waals surface area (Å²) in [7, 11) is 1.55. The van der Waals surface area contributed by atoms with Crippen molar-refractivity contribution in [3.8, 4) is 0 Å². The molecule has 3 nitrogen and oxygen atoms in total. The maximum atomic E-state index is 5.48. The minimum absolute atomic E-state index is 0.923. The lowest BCUT2D eigenvalue weighted by molar-refractivity contribution is 0.122. The van der Waals surface area contributed by atoms with E-state index in [4.69, 9.17) is 13.3 Å². The fourth-order valence-electron chi connectivity index (χ4n) is 3.70. The molecule has 0 bridgehead atoms. The number of hydrogen-bond donors (Lipinski definition) is 0. The smallest absolute Gasteiger partial charge is 0.377 e. The molecule has 0 radical (unpaired) electrons. The summed E-state index contributed by atoms with van der Waals surface area (Å²) in [4.78, 5) is 0. The van der Waals surface area contributed by atoms with Crippen molar-refractivity contribution in [2.24, 2.45) is 0 Å². The summed E-state index contributed by atoms with van der Waals surface area (Å²) in [5.41, 5.74) is 4.67. The molecule has 0 aliphatic carbocycles. The van der Waals surface area contributed by atoms with E-state index in [-0.39, 0.29) is 0 Å². The highest BCUT2D eigenvalue weighted by Crippen LogP contribution is 2.26. The molecule has 0 unspecified atom stereocenters. The van der Waals surface area contributed by atoms with Gasteiger partial charge in [-0.2, -0.15) is 0 Å². The molecule has 0 saturated heterocycles. The summed E-state index contributed by atoms with van der Waals surface area (Å²) in [5, 5.41) is 1.65. The molecule has 0 amide bonds. The number of rotatable bonds is 16. The Bertz CT molecular complexity index is 506. The summed E-state index contributed by atoms with van der Waals surface area (Å²) >= 11 is 0. The zero-order chi connectivity index (χ0) is 22.5. The van der Waals surface area contributed by atoms with Crippen LogP contribution in [0.1, 0.15) is 85.5 Å². The van der Waals surface area contributed by atoms with E-state index in [1.54, 1.807) is 37.7 Å². The molecular formula is C24H50O3Si2. The van der Waals surface area contributed by atoms with Crippen LogP contribution < -0.4 is 0 Å². The summed E-state index contributed by atoms with van der Waals surface area (Å²) < 4.78 is 16.4. The maximum Gasteiger partial charge on any atom is 0.500 e. The Hall–Kier alpha value is -0.206. The Morgan fingerprint density at radius 3 is 1.41 bits per heavy atom. The lowest BCUT2D eigenvalue weighted by atomic mass is 9.98. The highest BCUT2D eigenvalue weighted by Gasteiger charge is 2.36. The van der Waals surface area contributed by atoms with Crippen LogP contribution in [-0.4, -0.2) is 38.2 Å². The SMILES string of the molecule is CO[Si](CCCCCCCCCCC(C)=C(C)C(C)=C(C)[Si](C)(C)C)(OC)OC. The minimum atomic E-state index is -2.36. The maximum absolute atomic E-state index is 5.48. The van der Waals surface area contributed by atoms with Crippen LogP contribution in [0.2, 0.25) is 25.7 Å². The van der Waals surface area contributed by atoms with E-state index in [9.17, 15) is 0 Å². The molecule has 0 aromatic carbocycles. The molecule has 0 heterocycles. The van der Waals surface area contributed by atoms with Crippen molar-refractivity contribution in [3.05, 3.63) is 21.9 Å². The van der Waals surface area contributed by atoms with Crippen molar-refractivity contribution in [2.75, 3.05) is 21.3 Å². The minimum Gasteiger partial charge on any atom is -0.377 e. The second kappa shape index (κ2) is 14.7. The van der Waals surface area contributed by atoms with Gasteiger partial charge in [0.25, 0.3) is 0 Å². The molecule has 5 heteroatoms. The first kappa shape index (κ1) is 28.8. The van der Waals surface area contributed by atoms with Crippen LogP contribution in [0.15, 0.2) is 21.9 Å². The molecular weight excluding hydrogens is 392 g/mol. The average Bonchev–Trinajstić information content (AvgIpc) is 2.70. The molecule has 172 valence electrons. The zero-order valence-corrected chi connectivity index (χ0v) is 23.3. The Morgan fingerprint density at radius 1 is 0.586 bits per heavy atom. The summed E-state index contributed by atoms with van der Waals surface area (Å²) in [6.45, 7) is 16.7. The third kappa shape index (κ3) is 11.1. The highest BCUT2D eigenvalue weighted by atomic mass is 28.4. The van der Waals surface area contributed by atoms with Crippen LogP contribution in [0.25, 0.3) is 0 Å². The van der Waals surface area contributed by atoms with Gasteiger partial charge in [0.05, 0.1) is 8.07 Å². The van der Waals surface area contributed by atoms with Crippen molar-refractivity contribution in [3.63, 3.8) is 0 Å². The monoisotopic (exact) mass is 442 g/mol. The van der Waals surface area contributed by atoms with Crippen LogP contribution in [0.4, 0.5) is 0 Å². The molecule has 0 atom stereocenters. The van der Waals surface area contributed by atoms with E-state index < -0.39 is 16.9 Å². The van der Waals surface area contributed by atoms with Crippen molar-refractivity contribution in [1.82, 2.24) is 0 Å². The van der Waals surface area contributed by atoms with E-state index in [0.717, 1.165) is 12.5 Å². The molecule has 0 rings (SSSR count). The molecule has 0 spiro atoms. The quantitative estimate of drug-likeness (QED) is 0.138. The van der Waals surface area contributed by atoms with Gasteiger partial charge in [0.1, 0.15) is 0 Å². The Labute approximate surface area is 184 Å². The topological polar surface area (TPSA) is 27.7 Å². The van der Waals surface area contributed by atoms with Gasteiger partial charge < -0.3 is 13.3 Å². The fraction of sp³-hybridized carbons (Fsp3) is 0.833. The lowest BCUT2D eigenvalue weighted by Gasteiger charge is -2.24. The van der Waals surface area contributed by atoms with Crippen LogP contribution in [0.3, 0.4) is 0 Å². The van der Waals surface area contributed by atoms with Crippen molar-refractivity contribution >= 4 is 16.9 Å². The van der Waals surface area contributed by atoms with Crippen molar-refractivity contribution in [2.45, 2.75) is 111 Å². The molecule has 0 aromatic heterocycles. The highest BCUT2D eigenvalue weighted by molar-refractivity contribution is 6.83. The second-order valence-corrected chi connectivity index (χ2v) is 17.9. The third-order valence-electron chi connectivity index (χ3n) is 6.61. The van der Waals surface area contributed by atoms with Gasteiger partial charge in [-0.1, -0.05) is 74.5 Å². The van der Waals surface area contributed by atoms with Crippen LogP contribution in [0, 0.1) is 0 Å². The molecule has 0 saturated carbocycles. The number of allylic oxidation sites excluding steroid dienone is 4. The zero-order valence-electron chi connectivity index (χ0n) is 21.3. The second-order valence-electron chi connectivity index (χ2n) is 9.53. The van der Waals surface area contributed by atoms with Gasteiger partial charge in [0.15, 0.2) is 0 Å².